The standard InChI is InChI=1S/C22H24FN5O3/c1-15(24-20(29)16-3-9-19(30-2)10-4-16)21-25-26-22(31-21)28-13-11-27(12-14-28)18-7-5-17(23)6-8-18/h3-10,15H,11-14H2,1-2H3,(H,24,29). The number of halogens is 1. The van der Waals surface area contributed by atoms with Crippen molar-refractivity contribution in [3.63, 3.8) is 0 Å². The maximum absolute atomic E-state index is 13.1. The molecule has 1 atom stereocenters. The fraction of sp³-hybridized carbons (Fsp3) is 0.318. The summed E-state index contributed by atoms with van der Waals surface area (Å²) in [6, 6.07) is 13.3. The number of hydrogen-bond acceptors (Lipinski definition) is 7. The lowest BCUT2D eigenvalue weighted by molar-refractivity contribution is 0.0934. The highest BCUT2D eigenvalue weighted by Crippen LogP contribution is 2.22. The number of ether oxygens (including phenoxy) is 1. The second-order valence-electron chi connectivity index (χ2n) is 7.30. The summed E-state index contributed by atoms with van der Waals surface area (Å²) in [5.74, 6) is 0.556. The number of piperazine rings is 1. The maximum atomic E-state index is 13.1. The minimum absolute atomic E-state index is 0.234. The predicted octanol–water partition coefficient (Wildman–Crippen LogP) is 3.03. The predicted molar refractivity (Wildman–Crippen MR) is 114 cm³/mol. The highest BCUT2D eigenvalue weighted by atomic mass is 19.1. The largest absolute Gasteiger partial charge is 0.497 e. The number of aromatic nitrogens is 2. The van der Waals surface area contributed by atoms with Crippen molar-refractivity contribution in [2.24, 2.45) is 0 Å². The number of nitrogens with zero attached hydrogens (tertiary/aromatic N) is 4. The number of methoxy groups -OCH3 is 1. The highest BCUT2D eigenvalue weighted by Gasteiger charge is 2.24. The van der Waals surface area contributed by atoms with Crippen LogP contribution in [0.3, 0.4) is 0 Å². The van der Waals surface area contributed by atoms with Gasteiger partial charge in [0.15, 0.2) is 0 Å². The summed E-state index contributed by atoms with van der Waals surface area (Å²) in [4.78, 5) is 16.6. The quantitative estimate of drug-likeness (QED) is 0.650. The molecule has 0 spiro atoms. The molecule has 2 heterocycles. The summed E-state index contributed by atoms with van der Waals surface area (Å²) in [5.41, 5.74) is 1.51. The fourth-order valence-corrected chi connectivity index (χ4v) is 3.42. The van der Waals surface area contributed by atoms with E-state index in [1.807, 2.05) is 4.90 Å². The Morgan fingerprint density at radius 2 is 1.68 bits per heavy atom. The van der Waals surface area contributed by atoms with Crippen LogP contribution in [0.25, 0.3) is 0 Å². The van der Waals surface area contributed by atoms with Crippen molar-refractivity contribution in [1.29, 1.82) is 0 Å². The first-order valence-electron chi connectivity index (χ1n) is 10.1. The Labute approximate surface area is 179 Å². The molecule has 1 aromatic heterocycles. The molecule has 3 aromatic rings. The minimum atomic E-state index is -0.434. The van der Waals surface area contributed by atoms with Crippen molar-refractivity contribution < 1.29 is 18.3 Å². The van der Waals surface area contributed by atoms with E-state index in [-0.39, 0.29) is 11.7 Å². The summed E-state index contributed by atoms with van der Waals surface area (Å²) >= 11 is 0. The maximum Gasteiger partial charge on any atom is 0.318 e. The van der Waals surface area contributed by atoms with Crippen molar-refractivity contribution in [2.75, 3.05) is 43.1 Å². The van der Waals surface area contributed by atoms with Crippen molar-refractivity contribution in [1.82, 2.24) is 15.5 Å². The van der Waals surface area contributed by atoms with Gasteiger partial charge in [-0.2, -0.15) is 0 Å². The molecular formula is C22H24FN5O3. The average Bonchev–Trinajstić information content (AvgIpc) is 3.30. The second-order valence-corrected chi connectivity index (χ2v) is 7.30. The number of hydrogen-bond donors (Lipinski definition) is 1. The van der Waals surface area contributed by atoms with E-state index in [9.17, 15) is 9.18 Å². The van der Waals surface area contributed by atoms with Gasteiger partial charge in [0, 0.05) is 37.4 Å². The lowest BCUT2D eigenvalue weighted by Crippen LogP contribution is -2.46. The zero-order chi connectivity index (χ0) is 21.8. The van der Waals surface area contributed by atoms with Crippen LogP contribution in [0.15, 0.2) is 52.9 Å². The summed E-state index contributed by atoms with van der Waals surface area (Å²) in [6.45, 7) is 4.71. The summed E-state index contributed by atoms with van der Waals surface area (Å²) in [5, 5.41) is 11.1. The van der Waals surface area contributed by atoms with E-state index in [0.29, 0.717) is 36.3 Å². The number of benzene rings is 2. The zero-order valence-corrected chi connectivity index (χ0v) is 17.4. The van der Waals surface area contributed by atoms with E-state index in [1.165, 1.54) is 12.1 Å². The van der Waals surface area contributed by atoms with Gasteiger partial charge in [-0.15, -0.1) is 5.10 Å². The Balaban J connectivity index is 1.33. The van der Waals surface area contributed by atoms with E-state index >= 15 is 0 Å². The van der Waals surface area contributed by atoms with Gasteiger partial charge < -0.3 is 24.3 Å². The van der Waals surface area contributed by atoms with Crippen LogP contribution < -0.4 is 19.9 Å². The molecule has 1 saturated heterocycles. The van der Waals surface area contributed by atoms with Gasteiger partial charge in [0.2, 0.25) is 5.89 Å². The van der Waals surface area contributed by atoms with E-state index in [4.69, 9.17) is 9.15 Å². The van der Waals surface area contributed by atoms with Crippen molar-refractivity contribution >= 4 is 17.6 Å². The first-order valence-corrected chi connectivity index (χ1v) is 10.1. The number of carbonyl (C=O) groups excluding carboxylic acids is 1. The summed E-state index contributed by atoms with van der Waals surface area (Å²) < 4.78 is 24.0. The Hall–Kier alpha value is -3.62. The molecule has 2 aromatic carbocycles. The lowest BCUT2D eigenvalue weighted by atomic mass is 10.2. The molecule has 9 heteroatoms. The van der Waals surface area contributed by atoms with Crippen molar-refractivity contribution in [3.8, 4) is 5.75 Å². The van der Waals surface area contributed by atoms with Crippen molar-refractivity contribution in [3.05, 3.63) is 65.8 Å². The minimum Gasteiger partial charge on any atom is -0.497 e. The second kappa shape index (κ2) is 9.03. The van der Waals surface area contributed by atoms with Gasteiger partial charge in [0.05, 0.1) is 7.11 Å². The molecule has 4 rings (SSSR count). The lowest BCUT2D eigenvalue weighted by Gasteiger charge is -2.35. The molecule has 1 N–H and O–H groups in total. The Kier molecular flexibility index (Phi) is 6.01. The van der Waals surface area contributed by atoms with Gasteiger partial charge >= 0.3 is 6.01 Å². The number of rotatable bonds is 6. The van der Waals surface area contributed by atoms with Crippen LogP contribution in [-0.4, -0.2) is 49.4 Å². The smallest absolute Gasteiger partial charge is 0.318 e. The van der Waals surface area contributed by atoms with Crippen LogP contribution in [0, 0.1) is 5.82 Å². The summed E-state index contributed by atoms with van der Waals surface area (Å²) in [7, 11) is 1.58. The van der Waals surface area contributed by atoms with Gasteiger partial charge in [0.25, 0.3) is 5.91 Å². The molecule has 162 valence electrons. The highest BCUT2D eigenvalue weighted by molar-refractivity contribution is 5.94. The van der Waals surface area contributed by atoms with E-state index < -0.39 is 6.04 Å². The molecule has 0 aliphatic carbocycles. The van der Waals surface area contributed by atoms with Crippen LogP contribution in [0.5, 0.6) is 5.75 Å². The SMILES string of the molecule is COc1ccc(C(=O)NC(C)c2nnc(N3CCN(c4ccc(F)cc4)CC3)o2)cc1. The van der Waals surface area contributed by atoms with E-state index in [0.717, 1.165) is 18.8 Å². The number of nitrogens with one attached hydrogen (secondary N) is 1. The molecule has 31 heavy (non-hydrogen) atoms. The van der Waals surface area contributed by atoms with Crippen LogP contribution in [-0.2, 0) is 0 Å². The molecule has 0 bridgehead atoms. The van der Waals surface area contributed by atoms with E-state index in [2.05, 4.69) is 20.4 Å². The number of amides is 1. The average molecular weight is 425 g/mol. The third-order valence-corrected chi connectivity index (χ3v) is 5.24. The summed E-state index contributed by atoms with van der Waals surface area (Å²) in [6.07, 6.45) is 0. The topological polar surface area (TPSA) is 83.7 Å². The van der Waals surface area contributed by atoms with Gasteiger partial charge in [-0.3, -0.25) is 4.79 Å². The molecule has 1 aliphatic heterocycles. The number of anilines is 2. The monoisotopic (exact) mass is 425 g/mol. The van der Waals surface area contributed by atoms with Gasteiger partial charge in [-0.25, -0.2) is 4.39 Å². The fourth-order valence-electron chi connectivity index (χ4n) is 3.42. The van der Waals surface area contributed by atoms with Crippen LogP contribution in [0.2, 0.25) is 0 Å². The Bertz CT molecular complexity index is 1010. The molecule has 0 radical (unpaired) electrons. The number of carbonyl (C=O) groups is 1. The van der Waals surface area contributed by atoms with Crippen LogP contribution >= 0.6 is 0 Å². The van der Waals surface area contributed by atoms with Gasteiger partial charge in [-0.1, -0.05) is 5.10 Å². The Morgan fingerprint density at radius 3 is 2.32 bits per heavy atom. The molecule has 0 saturated carbocycles. The molecule has 1 fully saturated rings. The molecule has 1 amide bonds. The third-order valence-electron chi connectivity index (χ3n) is 5.24. The molecule has 1 unspecified atom stereocenters. The van der Waals surface area contributed by atoms with Crippen molar-refractivity contribution in [2.45, 2.75) is 13.0 Å². The normalized spacial score (nSPS) is 14.9. The first kappa shape index (κ1) is 20.6. The third kappa shape index (κ3) is 4.76. The first-order chi connectivity index (χ1) is 15.0. The zero-order valence-electron chi connectivity index (χ0n) is 17.4. The molecular weight excluding hydrogens is 401 g/mol. The van der Waals surface area contributed by atoms with Crippen LogP contribution in [0.1, 0.15) is 29.2 Å². The molecule has 8 nitrogen and oxygen atoms in total. The van der Waals surface area contributed by atoms with E-state index in [1.54, 1.807) is 50.4 Å². The Morgan fingerprint density at radius 1 is 1.03 bits per heavy atom. The molecule has 1 aliphatic rings. The van der Waals surface area contributed by atoms with Gasteiger partial charge in [0.1, 0.15) is 17.6 Å². The van der Waals surface area contributed by atoms with Gasteiger partial charge in [-0.05, 0) is 55.5 Å². The van der Waals surface area contributed by atoms with Crippen LogP contribution in [0.4, 0.5) is 16.1 Å².